The van der Waals surface area contributed by atoms with Gasteiger partial charge in [-0.15, -0.1) is 0 Å². The largest absolute Gasteiger partial charge is 0.481 e. The highest BCUT2D eigenvalue weighted by atomic mass is 16.5. The van der Waals surface area contributed by atoms with Crippen LogP contribution in [0.4, 0.5) is 0 Å². The summed E-state index contributed by atoms with van der Waals surface area (Å²) in [5, 5.41) is 9.06. The maximum Gasteiger partial charge on any atom is 0.308 e. The second kappa shape index (κ2) is 5.15. The molecule has 92 valence electrons. The number of carboxylic acid groups (broad SMARTS) is 1. The number of nitrogens with zero attached hydrogens (tertiary/aromatic N) is 1. The van der Waals surface area contributed by atoms with Crippen molar-refractivity contribution >= 4 is 5.97 Å². The van der Waals surface area contributed by atoms with Crippen molar-refractivity contribution in [3.05, 3.63) is 0 Å². The standard InChI is InChI=1S/C12H21NO3/c1-9-5-13(7-11(9)12(14)15)6-10-3-2-4-16-8-10/h9-11H,2-8H2,1H3,(H,14,15). The summed E-state index contributed by atoms with van der Waals surface area (Å²) in [7, 11) is 0. The smallest absolute Gasteiger partial charge is 0.308 e. The van der Waals surface area contributed by atoms with E-state index in [-0.39, 0.29) is 11.8 Å². The molecule has 0 amide bonds. The first-order valence-electron chi connectivity index (χ1n) is 6.19. The molecule has 2 heterocycles. The predicted molar refractivity (Wildman–Crippen MR) is 60.3 cm³/mol. The van der Waals surface area contributed by atoms with Gasteiger partial charge in [0.25, 0.3) is 0 Å². The highest BCUT2D eigenvalue weighted by Gasteiger charge is 2.35. The van der Waals surface area contributed by atoms with E-state index in [4.69, 9.17) is 9.84 Å². The highest BCUT2D eigenvalue weighted by molar-refractivity contribution is 5.71. The van der Waals surface area contributed by atoms with E-state index < -0.39 is 5.97 Å². The molecule has 0 bridgehead atoms. The van der Waals surface area contributed by atoms with E-state index in [2.05, 4.69) is 4.90 Å². The summed E-state index contributed by atoms with van der Waals surface area (Å²) in [5.74, 6) is 0.0647. The van der Waals surface area contributed by atoms with Crippen molar-refractivity contribution in [3.8, 4) is 0 Å². The minimum atomic E-state index is -0.644. The molecule has 0 aromatic carbocycles. The summed E-state index contributed by atoms with van der Waals surface area (Å²) in [6.07, 6.45) is 2.37. The fourth-order valence-corrected chi connectivity index (χ4v) is 2.85. The Hall–Kier alpha value is -0.610. The third-order valence-electron chi connectivity index (χ3n) is 3.78. The number of carbonyl (C=O) groups is 1. The summed E-state index contributed by atoms with van der Waals surface area (Å²) in [5.41, 5.74) is 0. The molecule has 0 radical (unpaired) electrons. The fraction of sp³-hybridized carbons (Fsp3) is 0.917. The van der Waals surface area contributed by atoms with Gasteiger partial charge in [0.1, 0.15) is 0 Å². The first kappa shape index (κ1) is 11.9. The molecule has 2 aliphatic rings. The minimum absolute atomic E-state index is 0.176. The van der Waals surface area contributed by atoms with Gasteiger partial charge in [0.15, 0.2) is 0 Å². The van der Waals surface area contributed by atoms with Gasteiger partial charge in [-0.3, -0.25) is 4.79 Å². The van der Waals surface area contributed by atoms with E-state index in [9.17, 15) is 4.79 Å². The molecule has 2 rings (SSSR count). The van der Waals surface area contributed by atoms with Crippen LogP contribution in [0.15, 0.2) is 0 Å². The molecule has 4 nitrogen and oxygen atoms in total. The Morgan fingerprint density at radius 1 is 1.50 bits per heavy atom. The van der Waals surface area contributed by atoms with E-state index >= 15 is 0 Å². The van der Waals surface area contributed by atoms with E-state index in [1.807, 2.05) is 6.92 Å². The van der Waals surface area contributed by atoms with Gasteiger partial charge in [-0.1, -0.05) is 6.92 Å². The number of likely N-dealkylation sites (tertiary alicyclic amines) is 1. The number of hydrogen-bond donors (Lipinski definition) is 1. The number of ether oxygens (including phenoxy) is 1. The van der Waals surface area contributed by atoms with Crippen LogP contribution in [0.5, 0.6) is 0 Å². The zero-order valence-corrected chi connectivity index (χ0v) is 9.89. The lowest BCUT2D eigenvalue weighted by molar-refractivity contribution is -0.142. The summed E-state index contributed by atoms with van der Waals surface area (Å²) in [6, 6.07) is 0. The Morgan fingerprint density at radius 2 is 2.31 bits per heavy atom. The van der Waals surface area contributed by atoms with Crippen molar-refractivity contribution in [1.29, 1.82) is 0 Å². The molecule has 4 heteroatoms. The molecule has 0 aromatic rings. The molecule has 1 N–H and O–H groups in total. The molecule has 2 aliphatic heterocycles. The number of hydrogen-bond acceptors (Lipinski definition) is 3. The SMILES string of the molecule is CC1CN(CC2CCCOC2)CC1C(=O)O. The normalized spacial score (nSPS) is 36.4. The molecule has 2 fully saturated rings. The number of rotatable bonds is 3. The van der Waals surface area contributed by atoms with Crippen molar-refractivity contribution in [3.63, 3.8) is 0 Å². The van der Waals surface area contributed by atoms with Gasteiger partial charge in [0.2, 0.25) is 0 Å². The van der Waals surface area contributed by atoms with Crippen LogP contribution in [0.1, 0.15) is 19.8 Å². The van der Waals surface area contributed by atoms with Gasteiger partial charge in [0.05, 0.1) is 12.5 Å². The van der Waals surface area contributed by atoms with E-state index in [1.165, 1.54) is 6.42 Å². The molecule has 0 saturated carbocycles. The average Bonchev–Trinajstić information content (AvgIpc) is 2.61. The third-order valence-corrected chi connectivity index (χ3v) is 3.78. The van der Waals surface area contributed by atoms with E-state index in [0.717, 1.165) is 32.7 Å². The summed E-state index contributed by atoms with van der Waals surface area (Å²) in [4.78, 5) is 13.3. The van der Waals surface area contributed by atoms with Crippen LogP contribution in [0.2, 0.25) is 0 Å². The van der Waals surface area contributed by atoms with Crippen LogP contribution in [0.25, 0.3) is 0 Å². The van der Waals surface area contributed by atoms with Crippen LogP contribution in [-0.2, 0) is 9.53 Å². The zero-order valence-electron chi connectivity index (χ0n) is 9.89. The molecule has 2 saturated heterocycles. The first-order chi connectivity index (χ1) is 7.66. The molecule has 3 atom stereocenters. The van der Waals surface area contributed by atoms with Crippen LogP contribution >= 0.6 is 0 Å². The molecule has 3 unspecified atom stereocenters. The van der Waals surface area contributed by atoms with Gasteiger partial charge in [0, 0.05) is 26.2 Å². The maximum atomic E-state index is 11.0. The topological polar surface area (TPSA) is 49.8 Å². The average molecular weight is 227 g/mol. The van der Waals surface area contributed by atoms with Crippen molar-refractivity contribution in [2.24, 2.45) is 17.8 Å². The molecular weight excluding hydrogens is 206 g/mol. The van der Waals surface area contributed by atoms with Crippen LogP contribution < -0.4 is 0 Å². The van der Waals surface area contributed by atoms with Crippen molar-refractivity contribution < 1.29 is 14.6 Å². The number of aliphatic carboxylic acids is 1. The lowest BCUT2D eigenvalue weighted by Gasteiger charge is -2.26. The monoisotopic (exact) mass is 227 g/mol. The third kappa shape index (κ3) is 2.74. The van der Waals surface area contributed by atoms with Gasteiger partial charge < -0.3 is 14.7 Å². The Balaban J connectivity index is 1.81. The zero-order chi connectivity index (χ0) is 11.5. The van der Waals surface area contributed by atoms with Crippen LogP contribution in [-0.4, -0.2) is 48.8 Å². The van der Waals surface area contributed by atoms with Gasteiger partial charge >= 0.3 is 5.97 Å². The van der Waals surface area contributed by atoms with Gasteiger partial charge in [-0.05, 0) is 24.7 Å². The second-order valence-electron chi connectivity index (χ2n) is 5.22. The fourth-order valence-electron chi connectivity index (χ4n) is 2.85. The molecule has 0 spiro atoms. The van der Waals surface area contributed by atoms with Crippen molar-refractivity contribution in [2.75, 3.05) is 32.8 Å². The second-order valence-corrected chi connectivity index (χ2v) is 5.22. The summed E-state index contributed by atoms with van der Waals surface area (Å²) < 4.78 is 5.45. The summed E-state index contributed by atoms with van der Waals surface area (Å²) >= 11 is 0. The Bertz CT molecular complexity index is 251. The van der Waals surface area contributed by atoms with E-state index in [0.29, 0.717) is 12.5 Å². The lowest BCUT2D eigenvalue weighted by atomic mass is 9.99. The Morgan fingerprint density at radius 3 is 2.88 bits per heavy atom. The van der Waals surface area contributed by atoms with Crippen LogP contribution in [0, 0.1) is 17.8 Å². The quantitative estimate of drug-likeness (QED) is 0.783. The maximum absolute atomic E-state index is 11.0. The molecule has 0 aliphatic carbocycles. The molecule has 0 aromatic heterocycles. The molecular formula is C12H21NO3. The van der Waals surface area contributed by atoms with Crippen molar-refractivity contribution in [2.45, 2.75) is 19.8 Å². The van der Waals surface area contributed by atoms with Gasteiger partial charge in [-0.25, -0.2) is 0 Å². The highest BCUT2D eigenvalue weighted by Crippen LogP contribution is 2.25. The molecule has 16 heavy (non-hydrogen) atoms. The van der Waals surface area contributed by atoms with Crippen LogP contribution in [0.3, 0.4) is 0 Å². The Kier molecular flexibility index (Phi) is 3.82. The lowest BCUT2D eigenvalue weighted by Crippen LogP contribution is -2.32. The van der Waals surface area contributed by atoms with Gasteiger partial charge in [-0.2, -0.15) is 0 Å². The Labute approximate surface area is 96.6 Å². The predicted octanol–water partition coefficient (Wildman–Crippen LogP) is 1.07. The van der Waals surface area contributed by atoms with Crippen molar-refractivity contribution in [1.82, 2.24) is 4.90 Å². The van der Waals surface area contributed by atoms with E-state index in [1.54, 1.807) is 0 Å². The first-order valence-corrected chi connectivity index (χ1v) is 6.19. The summed E-state index contributed by atoms with van der Waals surface area (Å²) in [6.45, 7) is 6.43. The number of carboxylic acids is 1. The minimum Gasteiger partial charge on any atom is -0.481 e.